The van der Waals surface area contributed by atoms with Gasteiger partial charge in [-0.3, -0.25) is 4.90 Å². The summed E-state index contributed by atoms with van der Waals surface area (Å²) in [5, 5.41) is 6.75. The maximum atomic E-state index is 5.38. The molecule has 1 aliphatic rings. The minimum absolute atomic E-state index is 0.561. The van der Waals surface area contributed by atoms with E-state index in [0.29, 0.717) is 12.3 Å². The van der Waals surface area contributed by atoms with E-state index in [1.165, 1.54) is 0 Å². The summed E-state index contributed by atoms with van der Waals surface area (Å²) in [6.45, 7) is 9.12. The molecule has 2 aromatic rings. The van der Waals surface area contributed by atoms with Crippen LogP contribution in [0.1, 0.15) is 12.5 Å². The van der Waals surface area contributed by atoms with Gasteiger partial charge in [-0.25, -0.2) is 15.0 Å². The first-order chi connectivity index (χ1) is 15.2. The van der Waals surface area contributed by atoms with E-state index in [1.807, 2.05) is 24.3 Å². The standard InChI is InChI=1S/C22H33N7O2/c1-4-23-21(27-17-18-6-7-19(30-2)20(16-18)31-3)24-10-11-28-12-14-29(15-13-28)22-25-8-5-9-26-22/h5-9,16H,4,10-15,17H2,1-3H3,(H2,23,24,27). The molecule has 2 N–H and O–H groups in total. The number of hydrogen-bond acceptors (Lipinski definition) is 7. The lowest BCUT2D eigenvalue weighted by molar-refractivity contribution is 0.260. The summed E-state index contributed by atoms with van der Waals surface area (Å²) < 4.78 is 10.7. The van der Waals surface area contributed by atoms with E-state index in [2.05, 4.69) is 37.3 Å². The molecule has 9 heteroatoms. The molecule has 3 rings (SSSR count). The maximum absolute atomic E-state index is 5.38. The molecule has 1 aromatic carbocycles. The topological polar surface area (TPSA) is 87.1 Å². The number of hydrogen-bond donors (Lipinski definition) is 2. The predicted octanol–water partition coefficient (Wildman–Crippen LogP) is 1.37. The summed E-state index contributed by atoms with van der Waals surface area (Å²) in [5.74, 6) is 3.07. The fraction of sp³-hybridized carbons (Fsp3) is 0.500. The molecular formula is C22H33N7O2. The van der Waals surface area contributed by atoms with E-state index < -0.39 is 0 Å². The Kier molecular flexibility index (Phi) is 8.71. The molecule has 1 aromatic heterocycles. The summed E-state index contributed by atoms with van der Waals surface area (Å²) in [5.41, 5.74) is 1.06. The third-order valence-corrected chi connectivity index (χ3v) is 5.14. The Hall–Kier alpha value is -3.07. The Balaban J connectivity index is 1.45. The first-order valence-electron chi connectivity index (χ1n) is 10.7. The quantitative estimate of drug-likeness (QED) is 0.458. The molecule has 1 fully saturated rings. The lowest BCUT2D eigenvalue weighted by atomic mass is 10.2. The highest BCUT2D eigenvalue weighted by Gasteiger charge is 2.18. The Labute approximate surface area is 184 Å². The van der Waals surface area contributed by atoms with Crippen molar-refractivity contribution in [2.24, 2.45) is 4.99 Å². The molecule has 0 spiro atoms. The number of ether oxygens (including phenoxy) is 2. The number of aliphatic imine (C=N–C) groups is 1. The van der Waals surface area contributed by atoms with Gasteiger partial charge in [-0.05, 0) is 30.7 Å². The van der Waals surface area contributed by atoms with Gasteiger partial charge in [-0.1, -0.05) is 6.07 Å². The first-order valence-corrected chi connectivity index (χ1v) is 10.7. The van der Waals surface area contributed by atoms with Crippen LogP contribution in [0.2, 0.25) is 0 Å². The van der Waals surface area contributed by atoms with Crippen LogP contribution in [0.3, 0.4) is 0 Å². The molecule has 0 atom stereocenters. The zero-order valence-electron chi connectivity index (χ0n) is 18.7. The fourth-order valence-electron chi connectivity index (χ4n) is 3.45. The number of benzene rings is 1. The molecule has 0 unspecified atom stereocenters. The van der Waals surface area contributed by atoms with Crippen LogP contribution in [0.15, 0.2) is 41.7 Å². The minimum Gasteiger partial charge on any atom is -0.493 e. The maximum Gasteiger partial charge on any atom is 0.225 e. The number of aromatic nitrogens is 2. The Morgan fingerprint density at radius 2 is 1.77 bits per heavy atom. The van der Waals surface area contributed by atoms with Crippen molar-refractivity contribution in [1.82, 2.24) is 25.5 Å². The van der Waals surface area contributed by atoms with Crippen LogP contribution in [-0.2, 0) is 6.54 Å². The SMILES string of the molecule is CCNC(=NCc1ccc(OC)c(OC)c1)NCCN1CCN(c2ncccn2)CC1. The number of methoxy groups -OCH3 is 2. The van der Waals surface area contributed by atoms with Crippen LogP contribution >= 0.6 is 0 Å². The Morgan fingerprint density at radius 1 is 1.03 bits per heavy atom. The van der Waals surface area contributed by atoms with Gasteiger partial charge < -0.3 is 25.0 Å². The number of nitrogens with zero attached hydrogens (tertiary/aromatic N) is 5. The molecular weight excluding hydrogens is 394 g/mol. The summed E-state index contributed by atoms with van der Waals surface area (Å²) in [6, 6.07) is 7.72. The largest absolute Gasteiger partial charge is 0.493 e. The van der Waals surface area contributed by atoms with Crippen molar-refractivity contribution in [3.8, 4) is 11.5 Å². The highest BCUT2D eigenvalue weighted by molar-refractivity contribution is 5.79. The van der Waals surface area contributed by atoms with Gasteiger partial charge in [0.1, 0.15) is 0 Å². The second-order valence-electron chi connectivity index (χ2n) is 7.19. The van der Waals surface area contributed by atoms with Gasteiger partial charge in [0.15, 0.2) is 17.5 Å². The van der Waals surface area contributed by atoms with E-state index in [9.17, 15) is 0 Å². The van der Waals surface area contributed by atoms with Gasteiger partial charge in [0.05, 0.1) is 20.8 Å². The number of guanidine groups is 1. The summed E-state index contributed by atoms with van der Waals surface area (Å²) in [4.78, 5) is 18.1. The Bertz CT molecular complexity index is 824. The molecule has 1 aliphatic heterocycles. The Morgan fingerprint density at radius 3 is 2.45 bits per heavy atom. The summed E-state index contributed by atoms with van der Waals surface area (Å²) in [6.07, 6.45) is 3.59. The van der Waals surface area contributed by atoms with Gasteiger partial charge >= 0.3 is 0 Å². The van der Waals surface area contributed by atoms with Gasteiger partial charge in [0.2, 0.25) is 5.95 Å². The normalized spacial score (nSPS) is 14.9. The lowest BCUT2D eigenvalue weighted by Gasteiger charge is -2.34. The van der Waals surface area contributed by atoms with E-state index in [-0.39, 0.29) is 0 Å². The molecule has 168 valence electrons. The van der Waals surface area contributed by atoms with Crippen LogP contribution in [0.25, 0.3) is 0 Å². The molecule has 0 amide bonds. The van der Waals surface area contributed by atoms with E-state index in [0.717, 1.165) is 69.0 Å². The molecule has 9 nitrogen and oxygen atoms in total. The lowest BCUT2D eigenvalue weighted by Crippen LogP contribution is -2.49. The van der Waals surface area contributed by atoms with Crippen LogP contribution < -0.4 is 25.0 Å². The van der Waals surface area contributed by atoms with E-state index in [4.69, 9.17) is 14.5 Å². The van der Waals surface area contributed by atoms with Crippen molar-refractivity contribution in [1.29, 1.82) is 0 Å². The first kappa shape index (κ1) is 22.6. The fourth-order valence-corrected chi connectivity index (χ4v) is 3.45. The molecule has 0 aliphatic carbocycles. The van der Waals surface area contributed by atoms with Crippen molar-refractivity contribution in [2.45, 2.75) is 13.5 Å². The second kappa shape index (κ2) is 11.9. The van der Waals surface area contributed by atoms with Crippen LogP contribution in [-0.4, -0.2) is 80.9 Å². The number of nitrogens with one attached hydrogen (secondary N) is 2. The summed E-state index contributed by atoms with van der Waals surface area (Å²) >= 11 is 0. The molecule has 0 radical (unpaired) electrons. The van der Waals surface area contributed by atoms with Gasteiger partial charge in [-0.2, -0.15) is 0 Å². The molecule has 0 bridgehead atoms. The van der Waals surface area contributed by atoms with Gasteiger partial charge in [-0.15, -0.1) is 0 Å². The third kappa shape index (κ3) is 6.71. The smallest absolute Gasteiger partial charge is 0.225 e. The highest BCUT2D eigenvalue weighted by Crippen LogP contribution is 2.27. The van der Waals surface area contributed by atoms with Crippen LogP contribution in [0, 0.1) is 0 Å². The van der Waals surface area contributed by atoms with Crippen molar-refractivity contribution >= 4 is 11.9 Å². The molecule has 2 heterocycles. The molecule has 1 saturated heterocycles. The average molecular weight is 428 g/mol. The molecule has 0 saturated carbocycles. The zero-order valence-corrected chi connectivity index (χ0v) is 18.7. The van der Waals surface area contributed by atoms with Crippen molar-refractivity contribution in [3.63, 3.8) is 0 Å². The zero-order chi connectivity index (χ0) is 21.9. The number of anilines is 1. The van der Waals surface area contributed by atoms with Gasteiger partial charge in [0.25, 0.3) is 0 Å². The molecule has 31 heavy (non-hydrogen) atoms. The van der Waals surface area contributed by atoms with Crippen molar-refractivity contribution in [2.75, 3.05) is 64.9 Å². The second-order valence-corrected chi connectivity index (χ2v) is 7.19. The number of piperazine rings is 1. The monoisotopic (exact) mass is 427 g/mol. The van der Waals surface area contributed by atoms with E-state index in [1.54, 1.807) is 26.6 Å². The van der Waals surface area contributed by atoms with E-state index >= 15 is 0 Å². The number of rotatable bonds is 9. The predicted molar refractivity (Wildman–Crippen MR) is 123 cm³/mol. The minimum atomic E-state index is 0.561. The third-order valence-electron chi connectivity index (χ3n) is 5.14. The summed E-state index contributed by atoms with van der Waals surface area (Å²) in [7, 11) is 3.28. The van der Waals surface area contributed by atoms with Crippen molar-refractivity contribution in [3.05, 3.63) is 42.2 Å². The van der Waals surface area contributed by atoms with Crippen LogP contribution in [0.5, 0.6) is 11.5 Å². The van der Waals surface area contributed by atoms with Gasteiger partial charge in [0, 0.05) is 58.2 Å². The van der Waals surface area contributed by atoms with Crippen LogP contribution in [0.4, 0.5) is 5.95 Å². The highest BCUT2D eigenvalue weighted by atomic mass is 16.5. The average Bonchev–Trinajstić information content (AvgIpc) is 2.83. The van der Waals surface area contributed by atoms with Crippen molar-refractivity contribution < 1.29 is 9.47 Å².